The van der Waals surface area contributed by atoms with Gasteiger partial charge in [0.1, 0.15) is 0 Å². The lowest BCUT2D eigenvalue weighted by atomic mass is 10.3. The van der Waals surface area contributed by atoms with Crippen molar-refractivity contribution in [3.8, 4) is 0 Å². The third kappa shape index (κ3) is 4.25. The smallest absolute Gasteiger partial charge is 0.311 e. The molecule has 0 atom stereocenters. The minimum atomic E-state index is -0.409. The minimum absolute atomic E-state index is 0.409. The predicted octanol–water partition coefficient (Wildman–Crippen LogP) is 0.969. The molecule has 0 aromatic heterocycles. The van der Waals surface area contributed by atoms with E-state index in [0.717, 1.165) is 0 Å². The normalized spacial score (nSPS) is 15.3. The summed E-state index contributed by atoms with van der Waals surface area (Å²) >= 11 is 0. The molecule has 1 saturated heterocycles. The van der Waals surface area contributed by atoms with Crippen molar-refractivity contribution < 1.29 is 9.59 Å². The number of piperazine rings is 1. The summed E-state index contributed by atoms with van der Waals surface area (Å²) in [5, 5.41) is 0. The molecule has 4 nitrogen and oxygen atoms in total. The molecule has 0 aromatic rings. The van der Waals surface area contributed by atoms with Gasteiger partial charge in [-0.2, -0.15) is 0 Å². The Bertz CT molecular complexity index is 161. The summed E-state index contributed by atoms with van der Waals surface area (Å²) in [6, 6.07) is 0. The lowest BCUT2D eigenvalue weighted by Crippen LogP contribution is -2.50. The fourth-order valence-electron chi connectivity index (χ4n) is 0.830. The SMILES string of the molecule is CC.CC.CN1CCN(C)C(=O)C1=O. The molecule has 0 N–H and O–H groups in total. The monoisotopic (exact) mass is 202 g/mol. The largest absolute Gasteiger partial charge is 0.336 e. The Balaban J connectivity index is 0. The number of hydrogen-bond acceptors (Lipinski definition) is 2. The standard InChI is InChI=1S/C6H10N2O2.2C2H6/c1-7-3-4-8(2)6(10)5(7)9;2*1-2/h3-4H2,1-2H3;2*1-2H3. The zero-order valence-corrected chi connectivity index (χ0v) is 10.1. The molecule has 2 amide bonds. The van der Waals surface area contributed by atoms with Crippen molar-refractivity contribution >= 4 is 11.8 Å². The van der Waals surface area contributed by atoms with Crippen LogP contribution >= 0.6 is 0 Å². The second-order valence-electron chi connectivity index (χ2n) is 2.45. The van der Waals surface area contributed by atoms with E-state index in [4.69, 9.17) is 0 Å². The van der Waals surface area contributed by atoms with E-state index < -0.39 is 11.8 Å². The van der Waals surface area contributed by atoms with E-state index >= 15 is 0 Å². The van der Waals surface area contributed by atoms with Gasteiger partial charge in [0.25, 0.3) is 0 Å². The first-order valence-corrected chi connectivity index (χ1v) is 5.13. The molecule has 0 saturated carbocycles. The van der Waals surface area contributed by atoms with Gasteiger partial charge in [-0.3, -0.25) is 9.59 Å². The molecule has 0 aromatic carbocycles. The third-order valence-electron chi connectivity index (χ3n) is 1.65. The Morgan fingerprint density at radius 3 is 1.21 bits per heavy atom. The molecule has 84 valence electrons. The second-order valence-corrected chi connectivity index (χ2v) is 2.45. The highest BCUT2D eigenvalue weighted by molar-refractivity contribution is 6.35. The van der Waals surface area contributed by atoms with Crippen molar-refractivity contribution in [2.45, 2.75) is 27.7 Å². The molecule has 0 radical (unpaired) electrons. The van der Waals surface area contributed by atoms with Crippen LogP contribution in [0.4, 0.5) is 0 Å². The first-order chi connectivity index (χ1) is 6.63. The van der Waals surface area contributed by atoms with Crippen LogP contribution in [-0.2, 0) is 9.59 Å². The fraction of sp³-hybridized carbons (Fsp3) is 0.800. The summed E-state index contributed by atoms with van der Waals surface area (Å²) in [7, 11) is 3.26. The van der Waals surface area contributed by atoms with Crippen LogP contribution in [0.2, 0.25) is 0 Å². The number of hydrogen-bond donors (Lipinski definition) is 0. The quantitative estimate of drug-likeness (QED) is 0.549. The van der Waals surface area contributed by atoms with E-state index in [9.17, 15) is 9.59 Å². The van der Waals surface area contributed by atoms with Gasteiger partial charge in [-0.1, -0.05) is 27.7 Å². The highest BCUT2D eigenvalue weighted by atomic mass is 16.2. The number of nitrogens with zero attached hydrogens (tertiary/aromatic N) is 2. The summed E-state index contributed by atoms with van der Waals surface area (Å²) in [6.07, 6.45) is 0. The summed E-state index contributed by atoms with van der Waals surface area (Å²) in [5.41, 5.74) is 0. The summed E-state index contributed by atoms with van der Waals surface area (Å²) < 4.78 is 0. The molecule has 4 heteroatoms. The van der Waals surface area contributed by atoms with Crippen molar-refractivity contribution in [1.29, 1.82) is 0 Å². The first-order valence-electron chi connectivity index (χ1n) is 5.13. The third-order valence-corrected chi connectivity index (χ3v) is 1.65. The van der Waals surface area contributed by atoms with Crippen LogP contribution in [0.1, 0.15) is 27.7 Å². The molecule has 1 rings (SSSR count). The maximum Gasteiger partial charge on any atom is 0.311 e. The highest BCUT2D eigenvalue weighted by Crippen LogP contribution is 1.98. The van der Waals surface area contributed by atoms with Gasteiger partial charge in [-0.25, -0.2) is 0 Å². The van der Waals surface area contributed by atoms with Gasteiger partial charge in [-0.05, 0) is 0 Å². The Labute approximate surface area is 86.9 Å². The molecule has 1 aliphatic heterocycles. The van der Waals surface area contributed by atoms with E-state index in [1.165, 1.54) is 9.80 Å². The van der Waals surface area contributed by atoms with Gasteiger partial charge in [-0.15, -0.1) is 0 Å². The molecule has 0 spiro atoms. The van der Waals surface area contributed by atoms with Crippen LogP contribution in [-0.4, -0.2) is 48.8 Å². The Hall–Kier alpha value is -1.06. The zero-order chi connectivity index (χ0) is 11.7. The number of carbonyl (C=O) groups excluding carboxylic acids is 2. The van der Waals surface area contributed by atoms with Crippen molar-refractivity contribution in [2.24, 2.45) is 0 Å². The maximum atomic E-state index is 10.9. The second kappa shape index (κ2) is 8.53. The Kier molecular flexibility index (Phi) is 9.40. The van der Waals surface area contributed by atoms with Crippen molar-refractivity contribution in [2.75, 3.05) is 27.2 Å². The summed E-state index contributed by atoms with van der Waals surface area (Å²) in [6.45, 7) is 9.28. The van der Waals surface area contributed by atoms with Crippen LogP contribution in [0.25, 0.3) is 0 Å². The number of likely N-dealkylation sites (N-methyl/N-ethyl adjacent to an activating group) is 2. The average Bonchev–Trinajstić information content (AvgIpc) is 2.26. The molecule has 1 fully saturated rings. The summed E-state index contributed by atoms with van der Waals surface area (Å²) in [5.74, 6) is -0.817. The van der Waals surface area contributed by atoms with Crippen LogP contribution < -0.4 is 0 Å². The van der Waals surface area contributed by atoms with Gasteiger partial charge < -0.3 is 9.80 Å². The molecule has 0 unspecified atom stereocenters. The number of carbonyl (C=O) groups is 2. The topological polar surface area (TPSA) is 40.6 Å². The zero-order valence-electron chi connectivity index (χ0n) is 10.1. The maximum absolute atomic E-state index is 10.9. The number of rotatable bonds is 0. The van der Waals surface area contributed by atoms with Crippen LogP contribution in [0, 0.1) is 0 Å². The highest BCUT2D eigenvalue weighted by Gasteiger charge is 2.27. The minimum Gasteiger partial charge on any atom is -0.336 e. The van der Waals surface area contributed by atoms with Gasteiger partial charge in [0, 0.05) is 27.2 Å². The molecular weight excluding hydrogens is 180 g/mol. The molecular formula is C10H22N2O2. The Morgan fingerprint density at radius 1 is 0.786 bits per heavy atom. The lowest BCUT2D eigenvalue weighted by molar-refractivity contribution is -0.153. The number of amides is 2. The average molecular weight is 202 g/mol. The van der Waals surface area contributed by atoms with Gasteiger partial charge >= 0.3 is 11.8 Å². The van der Waals surface area contributed by atoms with Crippen LogP contribution in [0.15, 0.2) is 0 Å². The van der Waals surface area contributed by atoms with E-state index in [1.807, 2.05) is 27.7 Å². The molecule has 1 aliphatic rings. The van der Waals surface area contributed by atoms with E-state index in [-0.39, 0.29) is 0 Å². The van der Waals surface area contributed by atoms with Gasteiger partial charge in [0.05, 0.1) is 0 Å². The van der Waals surface area contributed by atoms with Crippen molar-refractivity contribution in [1.82, 2.24) is 9.80 Å². The van der Waals surface area contributed by atoms with Gasteiger partial charge in [0.2, 0.25) is 0 Å². The molecule has 1 heterocycles. The van der Waals surface area contributed by atoms with Crippen LogP contribution in [0.5, 0.6) is 0 Å². The van der Waals surface area contributed by atoms with Crippen LogP contribution in [0.3, 0.4) is 0 Å². The lowest BCUT2D eigenvalue weighted by Gasteiger charge is -2.28. The van der Waals surface area contributed by atoms with E-state index in [2.05, 4.69) is 0 Å². The molecule has 14 heavy (non-hydrogen) atoms. The van der Waals surface area contributed by atoms with Crippen molar-refractivity contribution in [3.63, 3.8) is 0 Å². The van der Waals surface area contributed by atoms with E-state index in [0.29, 0.717) is 13.1 Å². The van der Waals surface area contributed by atoms with E-state index in [1.54, 1.807) is 14.1 Å². The first kappa shape index (κ1) is 15.4. The fourth-order valence-corrected chi connectivity index (χ4v) is 0.830. The Morgan fingerprint density at radius 2 is 1.00 bits per heavy atom. The molecule has 0 aliphatic carbocycles. The van der Waals surface area contributed by atoms with Crippen molar-refractivity contribution in [3.05, 3.63) is 0 Å². The molecule has 0 bridgehead atoms. The van der Waals surface area contributed by atoms with Gasteiger partial charge in [0.15, 0.2) is 0 Å². The summed E-state index contributed by atoms with van der Waals surface area (Å²) in [4.78, 5) is 24.6. The predicted molar refractivity (Wildman–Crippen MR) is 58.0 cm³/mol.